The molecule has 0 aliphatic rings. The zero-order chi connectivity index (χ0) is 21.8. The van der Waals surface area contributed by atoms with Crippen molar-refractivity contribution in [3.8, 4) is 0 Å². The van der Waals surface area contributed by atoms with Crippen molar-refractivity contribution in [2.75, 3.05) is 5.32 Å². The number of carbonyl (C=O) groups is 1. The summed E-state index contributed by atoms with van der Waals surface area (Å²) in [5.41, 5.74) is 2.02. The molecule has 4 heteroatoms. The minimum absolute atomic E-state index is 0.0641. The van der Waals surface area contributed by atoms with Gasteiger partial charge in [0.1, 0.15) is 0 Å². The number of hydrogen-bond acceptors (Lipinski definition) is 1. The Morgan fingerprint density at radius 2 is 1.06 bits per heavy atom. The number of benzene rings is 4. The molecular formula is C27H25BrNOP. The monoisotopic (exact) mass is 489 g/mol. The van der Waals surface area contributed by atoms with Gasteiger partial charge in [0.2, 0.25) is 0 Å². The average molecular weight is 490 g/mol. The molecule has 0 bridgehead atoms. The Hall–Kier alpha value is -2.74. The number of halogens is 1. The second-order valence-corrected chi connectivity index (χ2v) is 16.7. The number of carbonyl (C=O) groups excluding carboxylic acids is 1. The van der Waals surface area contributed by atoms with E-state index in [1.54, 1.807) is 0 Å². The number of nitrogens with one attached hydrogen (secondary N) is 1. The first-order valence-electron chi connectivity index (χ1n) is 10.3. The van der Waals surface area contributed by atoms with Gasteiger partial charge in [-0.05, 0) is 0 Å². The van der Waals surface area contributed by atoms with Crippen LogP contribution in [0.4, 0.5) is 5.69 Å². The predicted octanol–water partition coefficient (Wildman–Crippen LogP) is 5.98. The van der Waals surface area contributed by atoms with Gasteiger partial charge in [-0.15, -0.1) is 0 Å². The molecule has 0 radical (unpaired) electrons. The molecule has 0 fully saturated rings. The first kappa shape index (κ1) is 21.5. The van der Waals surface area contributed by atoms with E-state index in [2.05, 4.69) is 124 Å². The van der Waals surface area contributed by atoms with Crippen LogP contribution in [0.25, 0.3) is 0 Å². The van der Waals surface area contributed by atoms with Gasteiger partial charge in [0.05, 0.1) is 0 Å². The van der Waals surface area contributed by atoms with Gasteiger partial charge < -0.3 is 0 Å². The normalized spacial score (nSPS) is 12.5. The standard InChI is InChI=1S/C27H25BrNOP/c1-22(30)29-24-19-17-23(18-20-24)21-31(28,25-11-5-2-6-12-25,26-13-7-3-8-14-26)27-15-9-4-10-16-27/h2-20H,21H2,1H3,(H,29,30). The summed E-state index contributed by atoms with van der Waals surface area (Å²) in [6.07, 6.45) is 0.823. The van der Waals surface area contributed by atoms with Crippen LogP contribution in [0.5, 0.6) is 0 Å². The van der Waals surface area contributed by atoms with Crippen LogP contribution in [0.1, 0.15) is 12.5 Å². The van der Waals surface area contributed by atoms with Crippen LogP contribution in [-0.2, 0) is 11.0 Å². The third-order valence-corrected chi connectivity index (χ3v) is 15.2. The van der Waals surface area contributed by atoms with Crippen LogP contribution in [-0.4, -0.2) is 5.91 Å². The van der Waals surface area contributed by atoms with Gasteiger partial charge in [0.15, 0.2) is 0 Å². The molecule has 1 N–H and O–H groups in total. The Morgan fingerprint density at radius 3 is 1.42 bits per heavy atom. The molecule has 0 spiro atoms. The number of hydrogen-bond donors (Lipinski definition) is 1. The van der Waals surface area contributed by atoms with Crippen molar-refractivity contribution >= 4 is 48.3 Å². The Labute approximate surface area is 192 Å². The van der Waals surface area contributed by atoms with Crippen molar-refractivity contribution in [3.63, 3.8) is 0 Å². The second kappa shape index (κ2) is 8.78. The fraction of sp³-hybridized carbons (Fsp3) is 0.0741. The van der Waals surface area contributed by atoms with E-state index in [0.29, 0.717) is 0 Å². The van der Waals surface area contributed by atoms with Gasteiger partial charge >= 0.3 is 192 Å². The van der Waals surface area contributed by atoms with Crippen LogP contribution in [0.3, 0.4) is 0 Å². The van der Waals surface area contributed by atoms with E-state index in [4.69, 9.17) is 0 Å². The molecule has 0 aliphatic heterocycles. The van der Waals surface area contributed by atoms with E-state index in [0.717, 1.165) is 11.8 Å². The number of anilines is 1. The van der Waals surface area contributed by atoms with E-state index in [1.165, 1.54) is 28.4 Å². The molecule has 0 heterocycles. The molecular weight excluding hydrogens is 465 g/mol. The Kier molecular flexibility index (Phi) is 6.09. The Balaban J connectivity index is 1.96. The molecule has 2 nitrogen and oxygen atoms in total. The Bertz CT molecular complexity index is 1060. The summed E-state index contributed by atoms with van der Waals surface area (Å²) in [4.78, 5) is 11.4. The summed E-state index contributed by atoms with van der Waals surface area (Å²) >= 11 is 4.47. The minimum atomic E-state index is -3.01. The van der Waals surface area contributed by atoms with E-state index in [9.17, 15) is 4.79 Å². The topological polar surface area (TPSA) is 29.1 Å². The molecule has 156 valence electrons. The van der Waals surface area contributed by atoms with Crippen molar-refractivity contribution in [2.24, 2.45) is 0 Å². The van der Waals surface area contributed by atoms with Crippen molar-refractivity contribution in [1.82, 2.24) is 0 Å². The third-order valence-electron chi connectivity index (χ3n) is 5.64. The first-order valence-corrected chi connectivity index (χ1v) is 14.7. The molecule has 1 amide bonds. The molecule has 31 heavy (non-hydrogen) atoms. The molecule has 0 unspecified atom stereocenters. The van der Waals surface area contributed by atoms with Crippen LogP contribution in [0.15, 0.2) is 115 Å². The van der Waals surface area contributed by atoms with Crippen LogP contribution < -0.4 is 21.2 Å². The van der Waals surface area contributed by atoms with Gasteiger partial charge in [0.25, 0.3) is 0 Å². The molecule has 4 aromatic rings. The first-order chi connectivity index (χ1) is 15.0. The van der Waals surface area contributed by atoms with E-state index in [-0.39, 0.29) is 5.91 Å². The molecule has 0 aliphatic carbocycles. The predicted molar refractivity (Wildman–Crippen MR) is 139 cm³/mol. The maximum absolute atomic E-state index is 11.4. The number of rotatable bonds is 6. The second-order valence-electron chi connectivity index (χ2n) is 7.73. The molecule has 0 saturated carbocycles. The molecule has 0 saturated heterocycles. The van der Waals surface area contributed by atoms with Crippen molar-refractivity contribution in [1.29, 1.82) is 0 Å². The molecule has 4 aromatic carbocycles. The molecule has 0 aromatic heterocycles. The van der Waals surface area contributed by atoms with Gasteiger partial charge in [-0.2, -0.15) is 0 Å². The molecule has 0 atom stereocenters. The quantitative estimate of drug-likeness (QED) is 0.331. The van der Waals surface area contributed by atoms with E-state index >= 15 is 0 Å². The maximum atomic E-state index is 11.4. The van der Waals surface area contributed by atoms with Gasteiger partial charge in [-0.25, -0.2) is 0 Å². The summed E-state index contributed by atoms with van der Waals surface area (Å²) in [7, 11) is 0. The van der Waals surface area contributed by atoms with Crippen molar-refractivity contribution in [3.05, 3.63) is 121 Å². The van der Waals surface area contributed by atoms with Crippen LogP contribution in [0, 0.1) is 0 Å². The summed E-state index contributed by atoms with van der Waals surface area (Å²) in [6, 6.07) is 40.5. The fourth-order valence-electron chi connectivity index (χ4n) is 4.18. The summed E-state index contributed by atoms with van der Waals surface area (Å²) in [5.74, 6) is -0.0641. The third kappa shape index (κ3) is 4.08. The Morgan fingerprint density at radius 1 is 0.677 bits per heavy atom. The summed E-state index contributed by atoms with van der Waals surface area (Å²) in [5, 5.41) is 3.72. The zero-order valence-electron chi connectivity index (χ0n) is 17.4. The summed E-state index contributed by atoms with van der Waals surface area (Å²) in [6.45, 7) is 1.53. The van der Waals surface area contributed by atoms with Gasteiger partial charge in [-0.1, -0.05) is 0 Å². The van der Waals surface area contributed by atoms with Crippen LogP contribution >= 0.6 is 20.8 Å². The summed E-state index contributed by atoms with van der Waals surface area (Å²) < 4.78 is 0. The number of amides is 1. The van der Waals surface area contributed by atoms with Crippen LogP contribution in [0.2, 0.25) is 0 Å². The van der Waals surface area contributed by atoms with E-state index < -0.39 is 5.31 Å². The van der Waals surface area contributed by atoms with Crippen molar-refractivity contribution in [2.45, 2.75) is 13.1 Å². The van der Waals surface area contributed by atoms with Gasteiger partial charge in [-0.3, -0.25) is 0 Å². The average Bonchev–Trinajstić information content (AvgIpc) is 2.82. The zero-order valence-corrected chi connectivity index (χ0v) is 19.9. The fourth-order valence-corrected chi connectivity index (χ4v) is 11.9. The van der Waals surface area contributed by atoms with Crippen molar-refractivity contribution < 1.29 is 4.79 Å². The molecule has 4 rings (SSSR count). The SMILES string of the molecule is CC(=O)Nc1ccc(CP(Br)(c2ccccc2)(c2ccccc2)c2ccccc2)cc1. The van der Waals surface area contributed by atoms with E-state index in [1.807, 2.05) is 12.1 Å². The van der Waals surface area contributed by atoms with Gasteiger partial charge in [0, 0.05) is 0 Å².